The summed E-state index contributed by atoms with van der Waals surface area (Å²) in [5, 5.41) is 6.63. The van der Waals surface area contributed by atoms with E-state index in [-0.39, 0.29) is 24.7 Å². The molecule has 8 heteroatoms. The molecule has 0 heterocycles. The molecule has 0 radical (unpaired) electrons. The number of halogens is 2. The second kappa shape index (κ2) is 17.1. The summed E-state index contributed by atoms with van der Waals surface area (Å²) < 4.78 is -2.24. The van der Waals surface area contributed by atoms with Crippen molar-refractivity contribution in [3.05, 3.63) is 188 Å². The molecule has 0 saturated heterocycles. The Labute approximate surface area is 375 Å². The number of nitrogens with one attached hydrogen (secondary N) is 2. The predicted molar refractivity (Wildman–Crippen MR) is 261 cm³/mol. The van der Waals surface area contributed by atoms with Crippen LogP contribution in [0.15, 0.2) is 121 Å². The van der Waals surface area contributed by atoms with Crippen LogP contribution in [0.4, 0.5) is 0 Å². The summed E-state index contributed by atoms with van der Waals surface area (Å²) in [6, 6.07) is 42.7. The standard InChI is InChI=1S/2C24H21.C6H11BN2O2.2ClH.Zr/c2*1-16-12-17(2)18(3)23(13-16)22-11-7-10-20-14-21(15-24(20)22)19-8-5-4-6-9-19;1-3-5(10)8-7-9-6(11)4-2;;;/h2*4-15H,1-3H3;3-4H2,1-2H3,(H-,8,9,10,11);2*1H;/q;;;;;+1/p-1. The summed E-state index contributed by atoms with van der Waals surface area (Å²) in [4.78, 5) is 28.0. The van der Waals surface area contributed by atoms with E-state index in [1.807, 2.05) is 50.2 Å². The molecule has 2 aliphatic rings. The number of rotatable bonds is 11. The third kappa shape index (κ3) is 7.50. The minimum absolute atomic E-state index is 0.190. The minimum atomic E-state index is -6.35. The van der Waals surface area contributed by atoms with E-state index >= 15 is 0 Å². The Hall–Kier alpha value is -4.73. The van der Waals surface area contributed by atoms with Crippen LogP contribution in [-0.4, -0.2) is 16.3 Å². The fourth-order valence-electron chi connectivity index (χ4n) is 10.2. The average Bonchev–Trinajstić information content (AvgIpc) is 3.88. The van der Waals surface area contributed by atoms with Crippen LogP contribution in [0.2, 0.25) is 0 Å². The topological polar surface area (TPSA) is 58.2 Å². The Balaban J connectivity index is 1.52. The maximum absolute atomic E-state index is 14.0. The summed E-state index contributed by atoms with van der Waals surface area (Å²) >= 11 is -6.35. The second-order valence-corrected chi connectivity index (χ2v) is 38.8. The number of fused-ring (bicyclic) bond motifs is 2. The third-order valence-electron chi connectivity index (χ3n) is 13.4. The number of aryl methyl sites for hydroxylation is 4. The number of carbonyl (C=O) groups excluding carboxylic acids is 2. The van der Waals surface area contributed by atoms with Gasteiger partial charge in [0.1, 0.15) is 0 Å². The fourth-order valence-corrected chi connectivity index (χ4v) is 30.0. The first-order chi connectivity index (χ1) is 29.6. The summed E-state index contributed by atoms with van der Waals surface area (Å²) in [6.07, 6.45) is 4.96. The number of carbonyl (C=O) groups is 2. The molecule has 0 bridgehead atoms. The zero-order chi connectivity index (χ0) is 44.1. The van der Waals surface area contributed by atoms with Gasteiger partial charge in [-0.25, -0.2) is 0 Å². The second-order valence-electron chi connectivity index (χ2n) is 17.4. The van der Waals surface area contributed by atoms with E-state index in [4.69, 9.17) is 17.0 Å². The van der Waals surface area contributed by atoms with Crippen LogP contribution < -0.4 is 10.5 Å². The van der Waals surface area contributed by atoms with E-state index in [1.165, 1.54) is 33.4 Å². The summed E-state index contributed by atoms with van der Waals surface area (Å²) in [6.45, 7) is 16.6. The van der Waals surface area contributed by atoms with Gasteiger partial charge in [-0.2, -0.15) is 0 Å². The molecule has 2 aliphatic carbocycles. The molecular formula is C54H54BCl2N2O2Zr. The van der Waals surface area contributed by atoms with Crippen molar-refractivity contribution >= 4 is 56.7 Å². The van der Waals surface area contributed by atoms with Crippen molar-refractivity contribution in [1.29, 1.82) is 0 Å². The molecule has 0 aromatic heterocycles. The third-order valence-corrected chi connectivity index (χ3v) is 33.1. The summed E-state index contributed by atoms with van der Waals surface area (Å²) in [5.74, 6) is -0.474. The van der Waals surface area contributed by atoms with Gasteiger partial charge in [-0.3, -0.25) is 0 Å². The van der Waals surface area contributed by atoms with Gasteiger partial charge in [-0.1, -0.05) is 0 Å². The Morgan fingerprint density at radius 1 is 0.532 bits per heavy atom. The molecular weight excluding hydrogens is 882 g/mol. The van der Waals surface area contributed by atoms with Gasteiger partial charge in [0.05, 0.1) is 0 Å². The average molecular weight is 936 g/mol. The van der Waals surface area contributed by atoms with E-state index in [0.29, 0.717) is 0 Å². The van der Waals surface area contributed by atoms with Crippen molar-refractivity contribution in [2.24, 2.45) is 0 Å². The Morgan fingerprint density at radius 3 is 1.29 bits per heavy atom. The van der Waals surface area contributed by atoms with Crippen LogP contribution in [0.5, 0.6) is 0 Å². The van der Waals surface area contributed by atoms with Crippen molar-refractivity contribution in [3.63, 3.8) is 0 Å². The maximum atomic E-state index is 14.0. The summed E-state index contributed by atoms with van der Waals surface area (Å²) in [5.41, 5.74) is 19.8. The van der Waals surface area contributed by atoms with Crippen molar-refractivity contribution < 1.29 is 25.8 Å². The SMILES string of the molecule is CCC(=O)N[B](NC(=O)CC)[Zr]([Cl])([Cl])([CH]1C(c2ccccc2)=Cc2c(-c3cc(C)cc(C)c3C)cccc21)[CH]1C(c2ccccc2)=Cc2c(-c3cc(C)cc(C)c3C)cccc21. The van der Waals surface area contributed by atoms with Crippen LogP contribution in [0.1, 0.15) is 101 Å². The Morgan fingerprint density at radius 2 is 0.919 bits per heavy atom. The molecule has 8 rings (SSSR count). The van der Waals surface area contributed by atoms with Crippen molar-refractivity contribution in [3.8, 4) is 22.3 Å². The number of hydrogen-bond donors (Lipinski definition) is 2. The first-order valence-electron chi connectivity index (χ1n) is 21.8. The van der Waals surface area contributed by atoms with Crippen LogP contribution in [-0.2, 0) is 25.8 Å². The van der Waals surface area contributed by atoms with Gasteiger partial charge >= 0.3 is 379 Å². The van der Waals surface area contributed by atoms with E-state index < -0.39 is 27.9 Å². The number of amides is 2. The first kappa shape index (κ1) is 43.9. The molecule has 4 nitrogen and oxygen atoms in total. The Bertz CT molecular complexity index is 2650. The van der Waals surface area contributed by atoms with E-state index in [0.717, 1.165) is 66.8 Å². The van der Waals surface area contributed by atoms with E-state index in [1.54, 1.807) is 0 Å². The molecule has 0 aliphatic heterocycles. The molecule has 313 valence electrons. The molecule has 6 aromatic carbocycles. The quantitative estimate of drug-likeness (QED) is 0.127. The van der Waals surface area contributed by atoms with Gasteiger partial charge in [0.25, 0.3) is 0 Å². The van der Waals surface area contributed by atoms with E-state index in [9.17, 15) is 9.59 Å². The van der Waals surface area contributed by atoms with Crippen molar-refractivity contribution in [2.45, 2.75) is 75.5 Å². The number of allylic oxidation sites excluding steroid dienone is 2. The zero-order valence-electron chi connectivity index (χ0n) is 36.9. The molecule has 0 fully saturated rings. The van der Waals surface area contributed by atoms with Crippen LogP contribution in [0.3, 0.4) is 0 Å². The summed E-state index contributed by atoms with van der Waals surface area (Å²) in [7, 11) is 18.3. The number of benzene rings is 6. The van der Waals surface area contributed by atoms with Gasteiger partial charge in [0, 0.05) is 0 Å². The van der Waals surface area contributed by atoms with Gasteiger partial charge in [0.15, 0.2) is 0 Å². The van der Waals surface area contributed by atoms with Gasteiger partial charge < -0.3 is 0 Å². The normalized spacial score (nSPS) is 16.1. The van der Waals surface area contributed by atoms with Crippen molar-refractivity contribution in [2.75, 3.05) is 0 Å². The molecule has 2 atom stereocenters. The van der Waals surface area contributed by atoms with Crippen LogP contribution in [0, 0.1) is 41.5 Å². The van der Waals surface area contributed by atoms with Crippen molar-refractivity contribution in [1.82, 2.24) is 10.5 Å². The predicted octanol–water partition coefficient (Wildman–Crippen LogP) is 13.8. The zero-order valence-corrected chi connectivity index (χ0v) is 40.9. The fraction of sp³-hybridized carbons (Fsp3) is 0.222. The van der Waals surface area contributed by atoms with Gasteiger partial charge in [-0.15, -0.1) is 0 Å². The molecule has 6 aromatic rings. The Kier molecular flexibility index (Phi) is 12.1. The molecule has 2 amide bonds. The molecule has 2 unspecified atom stereocenters. The molecule has 62 heavy (non-hydrogen) atoms. The van der Waals surface area contributed by atoms with Gasteiger partial charge in [0.2, 0.25) is 0 Å². The van der Waals surface area contributed by atoms with Gasteiger partial charge in [-0.05, 0) is 0 Å². The van der Waals surface area contributed by atoms with E-state index in [2.05, 4.69) is 149 Å². The van der Waals surface area contributed by atoms with Crippen LogP contribution >= 0.6 is 17.0 Å². The molecule has 0 spiro atoms. The first-order valence-corrected chi connectivity index (χ1v) is 32.4. The van der Waals surface area contributed by atoms with Crippen LogP contribution in [0.25, 0.3) is 45.6 Å². The molecule has 0 saturated carbocycles. The monoisotopic (exact) mass is 933 g/mol. The molecule has 2 N–H and O–H groups in total. The number of hydrogen-bond acceptors (Lipinski definition) is 2.